The Hall–Kier alpha value is -0.530. The van der Waals surface area contributed by atoms with Crippen molar-refractivity contribution in [3.63, 3.8) is 0 Å². The lowest BCUT2D eigenvalue weighted by Gasteiger charge is -1.99. The molecule has 0 aliphatic rings. The number of ketones is 1. The first-order valence-electron chi connectivity index (χ1n) is 3.38. The maximum Gasteiger partial charge on any atom is 0.161 e. The number of Topliss-reactive ketones (excluding diaryl/α,β-unsaturated/α-hetero) is 1. The minimum absolute atomic E-state index is 0.125. The molecule has 0 atom stereocenters. The van der Waals surface area contributed by atoms with Gasteiger partial charge in [-0.15, -0.1) is 0 Å². The summed E-state index contributed by atoms with van der Waals surface area (Å²) in [5.41, 5.74) is 0.388. The number of halogens is 2. The maximum atomic E-state index is 11.0. The molecule has 0 rings (SSSR count). The molecule has 0 fully saturated rings. The van der Waals surface area contributed by atoms with Crippen molar-refractivity contribution in [3.05, 3.63) is 34.4 Å². The van der Waals surface area contributed by atoms with Crippen molar-refractivity contribution < 1.29 is 4.79 Å². The van der Waals surface area contributed by atoms with Crippen LogP contribution >= 0.6 is 23.2 Å². The fourth-order valence-corrected chi connectivity index (χ4v) is 0.948. The molecule has 66 valence electrons. The number of allylic oxidation sites excluding steroid dienone is 5. The van der Waals surface area contributed by atoms with Gasteiger partial charge in [-0.1, -0.05) is 35.9 Å². The van der Waals surface area contributed by atoms with Gasteiger partial charge in [-0.2, -0.15) is 0 Å². The van der Waals surface area contributed by atoms with Crippen LogP contribution in [-0.2, 0) is 4.79 Å². The fraction of sp³-hybridized carbons (Fsp3) is 0.222. The molecule has 0 aromatic rings. The predicted molar refractivity (Wildman–Crippen MR) is 53.4 cm³/mol. The van der Waals surface area contributed by atoms with E-state index in [1.54, 1.807) is 13.0 Å². The summed E-state index contributed by atoms with van der Waals surface area (Å²) < 4.78 is 0. The highest BCUT2D eigenvalue weighted by Gasteiger charge is 2.06. The third kappa shape index (κ3) is 3.74. The number of hydrogen-bond acceptors (Lipinski definition) is 1. The molecule has 0 unspecified atom stereocenters. The molecule has 0 N–H and O–H groups in total. The lowest BCUT2D eigenvalue weighted by molar-refractivity contribution is -0.113. The summed E-state index contributed by atoms with van der Waals surface area (Å²) in [5, 5.41) is 0.685. The molecule has 0 bridgehead atoms. The minimum atomic E-state index is -0.125. The number of hydrogen-bond donors (Lipinski definition) is 0. The van der Waals surface area contributed by atoms with Crippen LogP contribution in [0.15, 0.2) is 34.4 Å². The average Bonchev–Trinajstić information content (AvgIpc) is 1.98. The van der Waals surface area contributed by atoms with E-state index in [1.807, 2.05) is 0 Å². The van der Waals surface area contributed by atoms with Crippen molar-refractivity contribution in [3.8, 4) is 0 Å². The van der Waals surface area contributed by atoms with Gasteiger partial charge in [-0.3, -0.25) is 4.79 Å². The summed E-state index contributed by atoms with van der Waals surface area (Å²) in [4.78, 5) is 11.0. The molecule has 0 heterocycles. The average molecular weight is 205 g/mol. The molecular weight excluding hydrogens is 195 g/mol. The Kier molecular flexibility index (Phi) is 4.95. The van der Waals surface area contributed by atoms with Gasteiger partial charge in [-0.05, 0) is 19.9 Å². The summed E-state index contributed by atoms with van der Waals surface area (Å²) in [6, 6.07) is 0. The molecule has 0 amide bonds. The van der Waals surface area contributed by atoms with Crippen molar-refractivity contribution >= 4 is 29.0 Å². The third-order valence-electron chi connectivity index (χ3n) is 1.19. The van der Waals surface area contributed by atoms with E-state index in [1.165, 1.54) is 13.0 Å². The summed E-state index contributed by atoms with van der Waals surface area (Å²) in [6.07, 6.45) is 3.08. The van der Waals surface area contributed by atoms with Crippen LogP contribution in [0.4, 0.5) is 0 Å². The highest BCUT2D eigenvalue weighted by molar-refractivity contribution is 6.36. The van der Waals surface area contributed by atoms with Gasteiger partial charge in [0, 0.05) is 15.6 Å². The molecule has 0 saturated heterocycles. The monoisotopic (exact) mass is 204 g/mol. The second kappa shape index (κ2) is 5.18. The van der Waals surface area contributed by atoms with Gasteiger partial charge in [0.25, 0.3) is 0 Å². The lowest BCUT2D eigenvalue weighted by atomic mass is 10.1. The normalized spacial score (nSPS) is 13.0. The molecule has 0 aromatic heterocycles. The topological polar surface area (TPSA) is 17.1 Å². The van der Waals surface area contributed by atoms with E-state index in [4.69, 9.17) is 23.2 Å². The zero-order valence-electron chi connectivity index (χ0n) is 7.03. The first-order valence-corrected chi connectivity index (χ1v) is 4.13. The van der Waals surface area contributed by atoms with E-state index in [2.05, 4.69) is 6.58 Å². The molecule has 0 saturated carbocycles. The van der Waals surface area contributed by atoms with Crippen LogP contribution in [0.5, 0.6) is 0 Å². The van der Waals surface area contributed by atoms with Crippen molar-refractivity contribution in [2.75, 3.05) is 0 Å². The van der Waals surface area contributed by atoms with E-state index in [0.29, 0.717) is 15.6 Å². The second-order valence-corrected chi connectivity index (χ2v) is 3.09. The van der Waals surface area contributed by atoms with Crippen molar-refractivity contribution in [2.45, 2.75) is 13.8 Å². The molecule has 0 aliphatic carbocycles. The zero-order chi connectivity index (χ0) is 9.72. The molecule has 0 radical (unpaired) electrons. The van der Waals surface area contributed by atoms with E-state index < -0.39 is 0 Å². The molecular formula is C9H10Cl2O. The molecule has 0 aromatic carbocycles. The first kappa shape index (κ1) is 11.5. The van der Waals surface area contributed by atoms with Gasteiger partial charge in [0.05, 0.1) is 0 Å². The van der Waals surface area contributed by atoms with E-state index in [9.17, 15) is 4.79 Å². The van der Waals surface area contributed by atoms with Crippen LogP contribution in [0.1, 0.15) is 13.8 Å². The van der Waals surface area contributed by atoms with Crippen LogP contribution in [0.25, 0.3) is 0 Å². The van der Waals surface area contributed by atoms with Crippen molar-refractivity contribution in [1.82, 2.24) is 0 Å². The highest BCUT2D eigenvalue weighted by Crippen LogP contribution is 2.18. The highest BCUT2D eigenvalue weighted by atomic mass is 35.5. The Morgan fingerprint density at radius 2 is 1.92 bits per heavy atom. The van der Waals surface area contributed by atoms with E-state index in [0.717, 1.165) is 0 Å². The van der Waals surface area contributed by atoms with Gasteiger partial charge in [0.15, 0.2) is 5.78 Å². The Balaban J connectivity index is 4.93. The van der Waals surface area contributed by atoms with Gasteiger partial charge < -0.3 is 0 Å². The molecule has 1 nitrogen and oxygen atoms in total. The Labute approximate surface area is 82.4 Å². The summed E-state index contributed by atoms with van der Waals surface area (Å²) in [5.74, 6) is -0.125. The maximum absolute atomic E-state index is 11.0. The Morgan fingerprint density at radius 3 is 2.17 bits per heavy atom. The molecule has 12 heavy (non-hydrogen) atoms. The molecule has 0 spiro atoms. The van der Waals surface area contributed by atoms with Crippen LogP contribution in [-0.4, -0.2) is 5.78 Å². The van der Waals surface area contributed by atoms with Crippen molar-refractivity contribution in [1.29, 1.82) is 0 Å². The standard InChI is InChI=1S/C9H10Cl2O/c1-4-9(11)8(7(3)12)5-6(2)10/h4-5H,2H2,1,3H3/b8-5-,9-4+. The lowest BCUT2D eigenvalue weighted by Crippen LogP contribution is -1.96. The van der Waals surface area contributed by atoms with Crippen LogP contribution < -0.4 is 0 Å². The van der Waals surface area contributed by atoms with Gasteiger partial charge >= 0.3 is 0 Å². The largest absolute Gasteiger partial charge is 0.294 e. The quantitative estimate of drug-likeness (QED) is 0.509. The number of rotatable bonds is 3. The zero-order valence-corrected chi connectivity index (χ0v) is 8.54. The fourth-order valence-electron chi connectivity index (χ4n) is 0.651. The third-order valence-corrected chi connectivity index (χ3v) is 1.72. The summed E-state index contributed by atoms with van der Waals surface area (Å²) in [7, 11) is 0. The Morgan fingerprint density at radius 1 is 1.42 bits per heavy atom. The molecule has 3 heteroatoms. The van der Waals surface area contributed by atoms with E-state index in [-0.39, 0.29) is 5.78 Å². The first-order chi connectivity index (χ1) is 5.49. The predicted octanol–water partition coefficient (Wildman–Crippen LogP) is 3.40. The minimum Gasteiger partial charge on any atom is -0.294 e. The summed E-state index contributed by atoms with van der Waals surface area (Å²) in [6.45, 7) is 6.62. The van der Waals surface area contributed by atoms with Crippen LogP contribution in [0.3, 0.4) is 0 Å². The number of carbonyl (C=O) groups excluding carboxylic acids is 1. The van der Waals surface area contributed by atoms with Crippen molar-refractivity contribution in [2.24, 2.45) is 0 Å². The summed E-state index contributed by atoms with van der Waals surface area (Å²) >= 11 is 11.3. The van der Waals surface area contributed by atoms with E-state index >= 15 is 0 Å². The van der Waals surface area contributed by atoms with Gasteiger partial charge in [0.1, 0.15) is 0 Å². The Bertz CT molecular complexity index is 262. The van der Waals surface area contributed by atoms with Gasteiger partial charge in [-0.25, -0.2) is 0 Å². The smallest absolute Gasteiger partial charge is 0.161 e. The van der Waals surface area contributed by atoms with Crippen LogP contribution in [0.2, 0.25) is 0 Å². The second-order valence-electron chi connectivity index (χ2n) is 2.20. The van der Waals surface area contributed by atoms with Gasteiger partial charge in [0.2, 0.25) is 0 Å². The number of carbonyl (C=O) groups is 1. The SMILES string of the molecule is C=C(Cl)/C=C(C(C)=O)\C(Cl)=C/C. The molecule has 0 aliphatic heterocycles. The van der Waals surface area contributed by atoms with Crippen LogP contribution in [0, 0.1) is 0 Å².